The van der Waals surface area contributed by atoms with Crippen molar-refractivity contribution in [2.45, 2.75) is 43.6 Å². The van der Waals surface area contributed by atoms with Crippen LogP contribution in [0, 0.1) is 5.41 Å². The van der Waals surface area contributed by atoms with Crippen LogP contribution in [0.2, 0.25) is 0 Å². The van der Waals surface area contributed by atoms with Gasteiger partial charge in [0.15, 0.2) is 0 Å². The predicted molar refractivity (Wildman–Crippen MR) is 81.0 cm³/mol. The summed E-state index contributed by atoms with van der Waals surface area (Å²) in [5.74, 6) is 0.595. The van der Waals surface area contributed by atoms with Gasteiger partial charge >= 0.3 is 6.61 Å². The SMILES string of the molecule is O=C1CCC2(CCN(Sc3ccc(OC(F)F)cc3)CC2)C1. The molecule has 0 atom stereocenters. The largest absolute Gasteiger partial charge is 0.435 e. The Balaban J connectivity index is 1.51. The second-order valence-electron chi connectivity index (χ2n) is 6.09. The summed E-state index contributed by atoms with van der Waals surface area (Å²) >= 11 is 1.64. The van der Waals surface area contributed by atoms with E-state index in [9.17, 15) is 13.6 Å². The number of ether oxygens (including phenoxy) is 1. The molecular formula is C16H19F2NO2S. The molecule has 1 aromatic carbocycles. The van der Waals surface area contributed by atoms with Crippen molar-refractivity contribution in [3.63, 3.8) is 0 Å². The van der Waals surface area contributed by atoms with E-state index in [0.29, 0.717) is 5.78 Å². The summed E-state index contributed by atoms with van der Waals surface area (Å²) in [6.07, 6.45) is 4.69. The third-order valence-corrected chi connectivity index (χ3v) is 5.68. The van der Waals surface area contributed by atoms with Gasteiger partial charge in [0.1, 0.15) is 11.5 Å². The van der Waals surface area contributed by atoms with Gasteiger partial charge in [-0.15, -0.1) is 0 Å². The van der Waals surface area contributed by atoms with Crippen LogP contribution < -0.4 is 4.74 Å². The van der Waals surface area contributed by atoms with E-state index in [1.54, 1.807) is 36.2 Å². The molecule has 0 amide bonds. The molecule has 0 bridgehead atoms. The van der Waals surface area contributed by atoms with Crippen molar-refractivity contribution in [1.82, 2.24) is 4.31 Å². The summed E-state index contributed by atoms with van der Waals surface area (Å²) in [7, 11) is 0. The van der Waals surface area contributed by atoms with Gasteiger partial charge in [-0.25, -0.2) is 4.31 Å². The minimum absolute atomic E-state index is 0.182. The van der Waals surface area contributed by atoms with Crippen molar-refractivity contribution in [1.29, 1.82) is 0 Å². The van der Waals surface area contributed by atoms with Crippen LogP contribution in [0.15, 0.2) is 29.2 Å². The molecule has 1 aliphatic carbocycles. The van der Waals surface area contributed by atoms with Crippen LogP contribution in [-0.4, -0.2) is 29.8 Å². The molecule has 2 fully saturated rings. The predicted octanol–water partition coefficient (Wildman–Crippen LogP) is 4.13. The number of rotatable bonds is 4. The minimum Gasteiger partial charge on any atom is -0.435 e. The number of carbonyl (C=O) groups is 1. The topological polar surface area (TPSA) is 29.5 Å². The Kier molecular flexibility index (Phi) is 4.68. The first-order chi connectivity index (χ1) is 10.5. The fraction of sp³-hybridized carbons (Fsp3) is 0.562. The second-order valence-corrected chi connectivity index (χ2v) is 7.26. The molecule has 1 saturated heterocycles. The van der Waals surface area contributed by atoms with Crippen LogP contribution in [0.5, 0.6) is 5.75 Å². The van der Waals surface area contributed by atoms with Gasteiger partial charge in [-0.3, -0.25) is 4.79 Å². The molecule has 0 radical (unpaired) electrons. The highest BCUT2D eigenvalue weighted by molar-refractivity contribution is 7.97. The van der Waals surface area contributed by atoms with Crippen molar-refractivity contribution in [3.05, 3.63) is 24.3 Å². The average molecular weight is 327 g/mol. The van der Waals surface area contributed by atoms with Crippen LogP contribution >= 0.6 is 11.9 Å². The van der Waals surface area contributed by atoms with Crippen molar-refractivity contribution in [2.75, 3.05) is 13.1 Å². The van der Waals surface area contributed by atoms with Gasteiger partial charge in [0.05, 0.1) is 0 Å². The lowest BCUT2D eigenvalue weighted by molar-refractivity contribution is -0.118. The monoisotopic (exact) mass is 327 g/mol. The molecule has 22 heavy (non-hydrogen) atoms. The second kappa shape index (κ2) is 6.54. The lowest BCUT2D eigenvalue weighted by atomic mass is 9.77. The molecule has 6 heteroatoms. The third-order valence-electron chi connectivity index (χ3n) is 4.57. The quantitative estimate of drug-likeness (QED) is 0.778. The summed E-state index contributed by atoms with van der Waals surface area (Å²) in [6.45, 7) is -0.855. The minimum atomic E-state index is -2.79. The number of ketones is 1. The number of piperidine rings is 1. The van der Waals surface area contributed by atoms with Crippen molar-refractivity contribution in [3.8, 4) is 5.75 Å². The zero-order chi connectivity index (χ0) is 15.6. The summed E-state index contributed by atoms with van der Waals surface area (Å²) in [5, 5.41) is 0. The van der Waals surface area contributed by atoms with E-state index in [1.807, 2.05) is 0 Å². The molecule has 120 valence electrons. The zero-order valence-electron chi connectivity index (χ0n) is 12.3. The molecule has 2 aliphatic rings. The Morgan fingerprint density at radius 2 is 1.82 bits per heavy atom. The number of benzene rings is 1. The van der Waals surface area contributed by atoms with Gasteiger partial charge in [0.2, 0.25) is 0 Å². The summed E-state index contributed by atoms with van der Waals surface area (Å²) in [4.78, 5) is 12.5. The van der Waals surface area contributed by atoms with Crippen LogP contribution in [0.1, 0.15) is 32.1 Å². The average Bonchev–Trinajstić information content (AvgIpc) is 2.84. The van der Waals surface area contributed by atoms with Crippen LogP contribution in [0.25, 0.3) is 0 Å². The van der Waals surface area contributed by atoms with Crippen LogP contribution in [0.4, 0.5) is 8.78 Å². The fourth-order valence-corrected chi connectivity index (χ4v) is 4.23. The number of alkyl halides is 2. The first kappa shape index (κ1) is 15.7. The Bertz CT molecular complexity index is 527. The molecular weight excluding hydrogens is 308 g/mol. The maximum atomic E-state index is 12.1. The molecule has 1 heterocycles. The summed E-state index contributed by atoms with van der Waals surface area (Å²) < 4.78 is 30.8. The van der Waals surface area contributed by atoms with E-state index in [0.717, 1.165) is 50.1 Å². The van der Waals surface area contributed by atoms with Gasteiger partial charge in [0, 0.05) is 30.8 Å². The first-order valence-corrected chi connectivity index (χ1v) is 8.32. The number of hydrogen-bond acceptors (Lipinski definition) is 4. The number of carbonyl (C=O) groups excluding carboxylic acids is 1. The van der Waals surface area contributed by atoms with Gasteiger partial charge in [-0.1, -0.05) is 0 Å². The molecule has 0 aromatic heterocycles. The maximum Gasteiger partial charge on any atom is 0.387 e. The molecule has 1 spiro atoms. The Morgan fingerprint density at radius 3 is 2.36 bits per heavy atom. The van der Waals surface area contributed by atoms with E-state index in [1.165, 1.54) is 0 Å². The number of hydrogen-bond donors (Lipinski definition) is 0. The smallest absolute Gasteiger partial charge is 0.387 e. The maximum absolute atomic E-state index is 12.1. The Morgan fingerprint density at radius 1 is 1.14 bits per heavy atom. The number of nitrogens with zero attached hydrogens (tertiary/aromatic N) is 1. The molecule has 3 rings (SSSR count). The Labute approximate surface area is 133 Å². The van der Waals surface area contributed by atoms with Crippen LogP contribution in [-0.2, 0) is 4.79 Å². The van der Waals surface area contributed by atoms with Crippen molar-refractivity contribution in [2.24, 2.45) is 5.41 Å². The number of Topliss-reactive ketones (excluding diaryl/α,β-unsaturated/α-hetero) is 1. The standard InChI is InChI=1S/C16H19F2NO2S/c17-15(18)21-13-1-3-14(4-2-13)22-19-9-7-16(8-10-19)6-5-12(20)11-16/h1-4,15H,5-11H2. The van der Waals surface area contributed by atoms with E-state index in [2.05, 4.69) is 9.04 Å². The highest BCUT2D eigenvalue weighted by Gasteiger charge is 2.40. The molecule has 1 aromatic rings. The van der Waals surface area contributed by atoms with Crippen LogP contribution in [0.3, 0.4) is 0 Å². The van der Waals surface area contributed by atoms with Gasteiger partial charge < -0.3 is 4.74 Å². The van der Waals surface area contributed by atoms with Gasteiger partial charge in [-0.05, 0) is 60.9 Å². The van der Waals surface area contributed by atoms with E-state index < -0.39 is 6.61 Å². The van der Waals surface area contributed by atoms with Gasteiger partial charge in [-0.2, -0.15) is 8.78 Å². The lowest BCUT2D eigenvalue weighted by Crippen LogP contribution is -2.35. The molecule has 0 unspecified atom stereocenters. The van der Waals surface area contributed by atoms with E-state index in [4.69, 9.17) is 0 Å². The highest BCUT2D eigenvalue weighted by atomic mass is 32.2. The fourth-order valence-electron chi connectivity index (χ4n) is 3.31. The van der Waals surface area contributed by atoms with Gasteiger partial charge in [0.25, 0.3) is 0 Å². The first-order valence-electron chi connectivity index (χ1n) is 7.54. The summed E-state index contributed by atoms with van der Waals surface area (Å²) in [6, 6.07) is 6.73. The highest BCUT2D eigenvalue weighted by Crippen LogP contribution is 2.46. The molecule has 3 nitrogen and oxygen atoms in total. The van der Waals surface area contributed by atoms with E-state index in [-0.39, 0.29) is 11.2 Å². The molecule has 1 saturated carbocycles. The molecule has 0 N–H and O–H groups in total. The lowest BCUT2D eigenvalue weighted by Gasteiger charge is -2.38. The summed E-state index contributed by atoms with van der Waals surface area (Å²) in [5.41, 5.74) is 0.253. The van der Waals surface area contributed by atoms with Crippen molar-refractivity contribution >= 4 is 17.7 Å². The zero-order valence-corrected chi connectivity index (χ0v) is 13.1. The Hall–Kier alpha value is -1.14. The molecule has 1 aliphatic heterocycles. The third kappa shape index (κ3) is 3.79. The van der Waals surface area contributed by atoms with E-state index >= 15 is 0 Å². The normalized spacial score (nSPS) is 21.7. The van der Waals surface area contributed by atoms with Crippen molar-refractivity contribution < 1.29 is 18.3 Å². The number of halogens is 2.